The van der Waals surface area contributed by atoms with Crippen LogP contribution < -0.4 is 29.7 Å². The van der Waals surface area contributed by atoms with Gasteiger partial charge >= 0.3 is 0 Å². The van der Waals surface area contributed by atoms with E-state index in [1.54, 1.807) is 0 Å². The summed E-state index contributed by atoms with van der Waals surface area (Å²) >= 11 is 0. The lowest BCUT2D eigenvalue weighted by molar-refractivity contribution is -0.914. The quantitative estimate of drug-likeness (QED) is 0.393. The summed E-state index contributed by atoms with van der Waals surface area (Å²) in [5, 5.41) is 0. The van der Waals surface area contributed by atoms with E-state index < -0.39 is 0 Å². The van der Waals surface area contributed by atoms with Gasteiger partial charge in [-0.05, 0) is 0 Å². The van der Waals surface area contributed by atoms with Crippen LogP contribution in [-0.2, 0) is 0 Å². The van der Waals surface area contributed by atoms with Gasteiger partial charge in [-0.15, -0.1) is 0 Å². The van der Waals surface area contributed by atoms with Crippen molar-refractivity contribution in [3.05, 3.63) is 0 Å². The molecular formula is C6H13Cl2N2-. The number of piperazine rings is 3. The number of fused-ring (bicyclic) bond motifs is 3. The van der Waals surface area contributed by atoms with E-state index in [0.29, 0.717) is 0 Å². The molecule has 1 N–H and O–H groups in total. The van der Waals surface area contributed by atoms with E-state index in [1.807, 2.05) is 4.90 Å². The summed E-state index contributed by atoms with van der Waals surface area (Å²) < 4.78 is 0. The first-order valence-corrected chi connectivity index (χ1v) is 3.51. The van der Waals surface area contributed by atoms with E-state index >= 15 is 0 Å². The maximum Gasteiger partial charge on any atom is 0.0901 e. The van der Waals surface area contributed by atoms with E-state index in [9.17, 15) is 0 Å². The summed E-state index contributed by atoms with van der Waals surface area (Å²) in [7, 11) is 0. The van der Waals surface area contributed by atoms with Gasteiger partial charge < -0.3 is 29.7 Å². The molecule has 62 valence electrons. The van der Waals surface area contributed by atoms with Crippen molar-refractivity contribution >= 4 is 0 Å². The Kier molecular flexibility index (Phi) is 4.61. The van der Waals surface area contributed by atoms with Crippen LogP contribution in [0.1, 0.15) is 0 Å². The van der Waals surface area contributed by atoms with Crippen LogP contribution in [0.5, 0.6) is 0 Å². The second kappa shape index (κ2) is 4.39. The molecule has 0 radical (unpaired) electrons. The van der Waals surface area contributed by atoms with Gasteiger partial charge in [0.15, 0.2) is 0 Å². The Morgan fingerprint density at radius 1 is 0.800 bits per heavy atom. The molecule has 10 heavy (non-hydrogen) atoms. The number of nitrogens with one attached hydrogen (secondary N) is 1. The van der Waals surface area contributed by atoms with Gasteiger partial charge in [-0.2, -0.15) is 0 Å². The van der Waals surface area contributed by atoms with Crippen LogP contribution in [0.2, 0.25) is 0 Å². The average Bonchev–Trinajstić information content (AvgIpc) is 1.92. The Balaban J connectivity index is 0.000000405. The lowest BCUT2D eigenvalue weighted by Crippen LogP contribution is -3.17. The van der Waals surface area contributed by atoms with Crippen LogP contribution in [0.25, 0.3) is 0 Å². The van der Waals surface area contributed by atoms with Gasteiger partial charge in [0.05, 0.1) is 19.6 Å². The molecule has 0 unspecified atom stereocenters. The molecule has 0 saturated carbocycles. The van der Waals surface area contributed by atoms with Crippen LogP contribution in [-0.4, -0.2) is 44.2 Å². The third kappa shape index (κ3) is 1.99. The first kappa shape index (κ1) is 10.5. The molecule has 0 amide bonds. The minimum atomic E-state index is 0. The van der Waals surface area contributed by atoms with E-state index in [2.05, 4.69) is 4.90 Å². The maximum absolute atomic E-state index is 2.56. The van der Waals surface area contributed by atoms with Crippen molar-refractivity contribution in [1.82, 2.24) is 4.90 Å². The third-order valence-corrected chi connectivity index (χ3v) is 2.34. The number of nitrogens with zero attached hydrogens (tertiary/aromatic N) is 1. The highest BCUT2D eigenvalue weighted by Gasteiger charge is 2.25. The molecule has 0 aromatic carbocycles. The van der Waals surface area contributed by atoms with E-state index in [1.165, 1.54) is 39.3 Å². The number of halogens is 2. The Labute approximate surface area is 74.4 Å². The van der Waals surface area contributed by atoms with Crippen LogP contribution in [0.15, 0.2) is 0 Å². The molecule has 2 nitrogen and oxygen atoms in total. The zero-order chi connectivity index (χ0) is 5.40. The fraction of sp³-hybridized carbons (Fsp3) is 1.00. The first-order chi connectivity index (χ1) is 3.95. The molecular weight excluding hydrogens is 171 g/mol. The van der Waals surface area contributed by atoms with Gasteiger partial charge in [0.25, 0.3) is 0 Å². The highest BCUT2D eigenvalue weighted by atomic mass is 35.5. The normalized spacial score (nSPS) is 36.0. The van der Waals surface area contributed by atoms with Crippen molar-refractivity contribution in [2.24, 2.45) is 0 Å². The Morgan fingerprint density at radius 2 is 1.20 bits per heavy atom. The fourth-order valence-electron chi connectivity index (χ4n) is 1.66. The molecule has 0 atom stereocenters. The standard InChI is InChI=1S/C6H12N2.2ClH/c1-2-8-5-3-7(1)4-6-8;;/h1-6H2;2*1H/p-1. The zero-order valence-electron chi connectivity index (χ0n) is 5.95. The predicted octanol–water partition coefficient (Wildman–Crippen LogP) is -7.79. The maximum atomic E-state index is 2.56. The smallest absolute Gasteiger partial charge is 0.0901 e. The Hall–Kier alpha value is 0.500. The summed E-state index contributed by atoms with van der Waals surface area (Å²) in [5.74, 6) is 0. The van der Waals surface area contributed by atoms with E-state index in [4.69, 9.17) is 0 Å². The van der Waals surface area contributed by atoms with Gasteiger partial charge in [-0.1, -0.05) is 0 Å². The molecule has 3 fully saturated rings. The summed E-state index contributed by atoms with van der Waals surface area (Å²) in [5.41, 5.74) is 0. The molecule has 3 aliphatic heterocycles. The second-order valence-corrected chi connectivity index (χ2v) is 2.84. The van der Waals surface area contributed by atoms with Crippen LogP contribution in [0.4, 0.5) is 0 Å². The molecule has 3 saturated heterocycles. The van der Waals surface area contributed by atoms with Gasteiger partial charge in [0, 0.05) is 19.6 Å². The van der Waals surface area contributed by atoms with Crippen LogP contribution in [0.3, 0.4) is 0 Å². The molecule has 0 aliphatic carbocycles. The number of quaternary nitrogens is 1. The zero-order valence-corrected chi connectivity index (χ0v) is 7.46. The molecule has 3 aliphatic rings. The van der Waals surface area contributed by atoms with Gasteiger partial charge in [0.2, 0.25) is 0 Å². The monoisotopic (exact) mass is 183 g/mol. The first-order valence-electron chi connectivity index (χ1n) is 3.51. The van der Waals surface area contributed by atoms with E-state index in [-0.39, 0.29) is 24.8 Å². The highest BCUT2D eigenvalue weighted by Crippen LogP contribution is 1.91. The molecule has 3 rings (SSSR count). The van der Waals surface area contributed by atoms with Crippen molar-refractivity contribution in [3.63, 3.8) is 0 Å². The van der Waals surface area contributed by atoms with Crippen LogP contribution >= 0.6 is 0 Å². The number of hydrogen-bond acceptors (Lipinski definition) is 1. The minimum absolute atomic E-state index is 0. The fourth-order valence-corrected chi connectivity index (χ4v) is 1.66. The molecule has 2 bridgehead atoms. The van der Waals surface area contributed by atoms with Crippen LogP contribution in [0, 0.1) is 0 Å². The third-order valence-electron chi connectivity index (χ3n) is 2.34. The molecule has 0 aromatic heterocycles. The Bertz CT molecular complexity index is 68.7. The predicted molar refractivity (Wildman–Crippen MR) is 32.0 cm³/mol. The summed E-state index contributed by atoms with van der Waals surface area (Å²) in [6.45, 7) is 8.28. The summed E-state index contributed by atoms with van der Waals surface area (Å²) in [4.78, 5) is 4.39. The van der Waals surface area contributed by atoms with Crippen molar-refractivity contribution in [3.8, 4) is 0 Å². The molecule has 0 aromatic rings. The molecule has 4 heteroatoms. The Morgan fingerprint density at radius 3 is 1.30 bits per heavy atom. The number of rotatable bonds is 0. The van der Waals surface area contributed by atoms with E-state index in [0.717, 1.165) is 0 Å². The second-order valence-electron chi connectivity index (χ2n) is 2.84. The van der Waals surface area contributed by atoms with Crippen molar-refractivity contribution in [2.75, 3.05) is 39.3 Å². The van der Waals surface area contributed by atoms with Gasteiger partial charge in [-0.3, -0.25) is 4.90 Å². The molecule has 3 heterocycles. The highest BCUT2D eigenvalue weighted by molar-refractivity contribution is 4.64. The summed E-state index contributed by atoms with van der Waals surface area (Å²) in [6, 6.07) is 0. The largest absolute Gasteiger partial charge is 1.00 e. The lowest BCUT2D eigenvalue weighted by atomic mass is 10.2. The SMILES string of the molecule is C1C[NH+]2CCN1CC2.[Cl-].[Cl-]. The lowest BCUT2D eigenvalue weighted by Gasteiger charge is -2.38. The molecule has 0 spiro atoms. The van der Waals surface area contributed by atoms with Gasteiger partial charge in [-0.25, -0.2) is 0 Å². The number of hydrogen-bond donors (Lipinski definition) is 1. The average molecular weight is 184 g/mol. The topological polar surface area (TPSA) is 7.68 Å². The summed E-state index contributed by atoms with van der Waals surface area (Å²) in [6.07, 6.45) is 0. The van der Waals surface area contributed by atoms with Gasteiger partial charge in [0.1, 0.15) is 0 Å². The van der Waals surface area contributed by atoms with Crippen molar-refractivity contribution in [2.45, 2.75) is 0 Å². The van der Waals surface area contributed by atoms with Crippen molar-refractivity contribution in [1.29, 1.82) is 0 Å². The van der Waals surface area contributed by atoms with Crippen molar-refractivity contribution < 1.29 is 29.7 Å². The minimum Gasteiger partial charge on any atom is -1.00 e.